The van der Waals surface area contributed by atoms with E-state index < -0.39 is 33.0 Å². The number of hydrogen-bond donors (Lipinski definition) is 1. The average Bonchev–Trinajstić information content (AvgIpc) is 2.60. The molecule has 0 heterocycles. The van der Waals surface area contributed by atoms with E-state index in [-0.39, 0.29) is 12.1 Å². The first-order chi connectivity index (χ1) is 11.8. The van der Waals surface area contributed by atoms with Crippen LogP contribution in [0.4, 0.5) is 8.78 Å². The van der Waals surface area contributed by atoms with E-state index in [0.29, 0.717) is 6.42 Å². The van der Waals surface area contributed by atoms with Crippen LogP contribution in [0.5, 0.6) is 0 Å². The van der Waals surface area contributed by atoms with Crippen molar-refractivity contribution >= 4 is 10.0 Å². The minimum atomic E-state index is -3.87. The van der Waals surface area contributed by atoms with Crippen LogP contribution in [0.25, 0.3) is 0 Å². The quantitative estimate of drug-likeness (QED) is 0.776. The van der Waals surface area contributed by atoms with Gasteiger partial charge < -0.3 is 4.74 Å². The minimum absolute atomic E-state index is 0.0106. The van der Waals surface area contributed by atoms with E-state index >= 15 is 0 Å². The summed E-state index contributed by atoms with van der Waals surface area (Å²) < 4.78 is 59.6. The second-order valence-electron chi connectivity index (χ2n) is 5.73. The molecule has 0 aliphatic rings. The Hall–Kier alpha value is -1.83. The van der Waals surface area contributed by atoms with Crippen molar-refractivity contribution in [2.45, 2.75) is 24.7 Å². The second-order valence-corrected chi connectivity index (χ2v) is 7.54. The minimum Gasteiger partial charge on any atom is -0.372 e. The number of sulfonamides is 1. The Balaban J connectivity index is 2.18. The molecule has 1 unspecified atom stereocenters. The van der Waals surface area contributed by atoms with Gasteiger partial charge in [-0.3, -0.25) is 0 Å². The molecule has 0 aromatic heterocycles. The standard InChI is InChI=1S/C18H21F2NO3S/c1-3-18(24-2,15-7-5-4-6-8-15)13-21-25(22,23)12-14-11-16(19)9-10-17(14)20/h4-11,21H,3,12-13H2,1-2H3. The number of halogens is 2. The van der Waals surface area contributed by atoms with Crippen molar-refractivity contribution in [1.29, 1.82) is 0 Å². The number of rotatable bonds is 8. The van der Waals surface area contributed by atoms with Crippen molar-refractivity contribution < 1.29 is 21.9 Å². The second kappa shape index (κ2) is 8.03. The predicted octanol–water partition coefficient (Wildman–Crippen LogP) is 3.34. The molecule has 0 radical (unpaired) electrons. The highest BCUT2D eigenvalue weighted by molar-refractivity contribution is 7.88. The van der Waals surface area contributed by atoms with Crippen molar-refractivity contribution in [3.05, 3.63) is 71.3 Å². The van der Waals surface area contributed by atoms with Crippen molar-refractivity contribution in [2.24, 2.45) is 0 Å². The zero-order chi connectivity index (χ0) is 18.5. The maximum absolute atomic E-state index is 13.7. The van der Waals surface area contributed by atoms with Crippen LogP contribution in [0.2, 0.25) is 0 Å². The van der Waals surface area contributed by atoms with E-state index in [0.717, 1.165) is 23.8 Å². The fraction of sp³-hybridized carbons (Fsp3) is 0.333. The maximum Gasteiger partial charge on any atom is 0.215 e. The highest BCUT2D eigenvalue weighted by Gasteiger charge is 2.31. The van der Waals surface area contributed by atoms with Gasteiger partial charge in [-0.2, -0.15) is 0 Å². The smallest absolute Gasteiger partial charge is 0.215 e. The molecular formula is C18H21F2NO3S. The first-order valence-electron chi connectivity index (χ1n) is 7.84. The SMILES string of the molecule is CCC(CNS(=O)(=O)Cc1cc(F)ccc1F)(OC)c1ccccc1. The van der Waals surface area contributed by atoms with Gasteiger partial charge in [0.05, 0.1) is 5.75 Å². The lowest BCUT2D eigenvalue weighted by Crippen LogP contribution is -2.42. The van der Waals surface area contributed by atoms with Gasteiger partial charge in [0.2, 0.25) is 10.0 Å². The summed E-state index contributed by atoms with van der Waals surface area (Å²) in [6, 6.07) is 12.0. The Morgan fingerprint density at radius 3 is 2.40 bits per heavy atom. The third-order valence-electron chi connectivity index (χ3n) is 4.19. The summed E-state index contributed by atoms with van der Waals surface area (Å²) in [7, 11) is -2.36. The first kappa shape index (κ1) is 19.5. The number of ether oxygens (including phenoxy) is 1. The van der Waals surface area contributed by atoms with Crippen molar-refractivity contribution in [3.8, 4) is 0 Å². The van der Waals surface area contributed by atoms with Crippen LogP contribution in [0.3, 0.4) is 0 Å². The fourth-order valence-electron chi connectivity index (χ4n) is 2.64. The summed E-state index contributed by atoms with van der Waals surface area (Å²) in [4.78, 5) is 0. The van der Waals surface area contributed by atoms with Crippen molar-refractivity contribution in [3.63, 3.8) is 0 Å². The Bertz CT molecular complexity index is 806. The van der Waals surface area contributed by atoms with Gasteiger partial charge in [0.25, 0.3) is 0 Å². The summed E-state index contributed by atoms with van der Waals surface area (Å²) in [6.07, 6.45) is 0.532. The Labute approximate surface area is 146 Å². The molecule has 0 spiro atoms. The van der Waals surface area contributed by atoms with E-state index in [2.05, 4.69) is 4.72 Å². The number of methoxy groups -OCH3 is 1. The van der Waals surface area contributed by atoms with Gasteiger partial charge in [-0.05, 0) is 30.2 Å². The monoisotopic (exact) mass is 369 g/mol. The molecular weight excluding hydrogens is 348 g/mol. The zero-order valence-corrected chi connectivity index (χ0v) is 14.9. The highest BCUT2D eigenvalue weighted by atomic mass is 32.2. The molecule has 0 aliphatic heterocycles. The van der Waals surface area contributed by atoms with E-state index in [1.165, 1.54) is 7.11 Å². The molecule has 2 aromatic rings. The fourth-order valence-corrected chi connectivity index (χ4v) is 3.83. The van der Waals surface area contributed by atoms with Crippen LogP contribution in [0, 0.1) is 11.6 Å². The molecule has 0 saturated carbocycles. The average molecular weight is 369 g/mol. The van der Waals surface area contributed by atoms with Crippen molar-refractivity contribution in [2.75, 3.05) is 13.7 Å². The molecule has 2 aromatic carbocycles. The van der Waals surface area contributed by atoms with Crippen LogP contribution < -0.4 is 4.72 Å². The van der Waals surface area contributed by atoms with Crippen LogP contribution in [-0.4, -0.2) is 22.1 Å². The molecule has 0 fully saturated rings. The Morgan fingerprint density at radius 2 is 1.80 bits per heavy atom. The van der Waals surface area contributed by atoms with Gasteiger partial charge in [-0.15, -0.1) is 0 Å². The predicted molar refractivity (Wildman–Crippen MR) is 92.4 cm³/mol. The third-order valence-corrected chi connectivity index (χ3v) is 5.47. The largest absolute Gasteiger partial charge is 0.372 e. The molecule has 0 amide bonds. The first-order valence-corrected chi connectivity index (χ1v) is 9.49. The number of nitrogens with one attached hydrogen (secondary N) is 1. The Morgan fingerprint density at radius 1 is 1.12 bits per heavy atom. The van der Waals surface area contributed by atoms with Gasteiger partial charge in [0.15, 0.2) is 0 Å². The number of hydrogen-bond acceptors (Lipinski definition) is 3. The molecule has 2 rings (SSSR count). The van der Waals surface area contributed by atoms with E-state index in [9.17, 15) is 17.2 Å². The topological polar surface area (TPSA) is 55.4 Å². The normalized spacial score (nSPS) is 14.2. The third kappa shape index (κ3) is 4.84. The zero-order valence-electron chi connectivity index (χ0n) is 14.1. The van der Waals surface area contributed by atoms with Crippen LogP contribution in [0.1, 0.15) is 24.5 Å². The van der Waals surface area contributed by atoms with Gasteiger partial charge in [-0.1, -0.05) is 37.3 Å². The molecule has 1 atom stereocenters. The lowest BCUT2D eigenvalue weighted by molar-refractivity contribution is -0.0133. The Kier molecular flexibility index (Phi) is 6.26. The van der Waals surface area contributed by atoms with E-state index in [4.69, 9.17) is 4.74 Å². The maximum atomic E-state index is 13.7. The van der Waals surface area contributed by atoms with Crippen LogP contribution >= 0.6 is 0 Å². The van der Waals surface area contributed by atoms with Crippen molar-refractivity contribution in [1.82, 2.24) is 4.72 Å². The van der Waals surface area contributed by atoms with Gasteiger partial charge >= 0.3 is 0 Å². The van der Waals surface area contributed by atoms with Crippen LogP contribution in [0.15, 0.2) is 48.5 Å². The molecule has 136 valence electrons. The van der Waals surface area contributed by atoms with Gasteiger partial charge in [0.1, 0.15) is 17.2 Å². The molecule has 4 nitrogen and oxygen atoms in total. The molecule has 1 N–H and O–H groups in total. The van der Waals surface area contributed by atoms with Crippen LogP contribution in [-0.2, 0) is 26.1 Å². The number of benzene rings is 2. The highest BCUT2D eigenvalue weighted by Crippen LogP contribution is 2.28. The molecule has 25 heavy (non-hydrogen) atoms. The molecule has 0 saturated heterocycles. The molecule has 7 heteroatoms. The summed E-state index contributed by atoms with van der Waals surface area (Å²) in [5.74, 6) is -2.09. The summed E-state index contributed by atoms with van der Waals surface area (Å²) in [5.41, 5.74) is -0.221. The lowest BCUT2D eigenvalue weighted by atomic mass is 9.91. The van der Waals surface area contributed by atoms with Gasteiger partial charge in [-0.25, -0.2) is 21.9 Å². The van der Waals surface area contributed by atoms with E-state index in [1.54, 1.807) is 0 Å². The lowest BCUT2D eigenvalue weighted by Gasteiger charge is -2.32. The summed E-state index contributed by atoms with van der Waals surface area (Å²) >= 11 is 0. The molecule has 0 bridgehead atoms. The molecule has 0 aliphatic carbocycles. The van der Waals surface area contributed by atoms with Gasteiger partial charge in [0, 0.05) is 19.2 Å². The summed E-state index contributed by atoms with van der Waals surface area (Å²) in [6.45, 7) is 1.88. The van der Waals surface area contributed by atoms with E-state index in [1.807, 2.05) is 37.3 Å². The summed E-state index contributed by atoms with van der Waals surface area (Å²) in [5, 5.41) is 0.